The summed E-state index contributed by atoms with van der Waals surface area (Å²) in [5.74, 6) is 0.601. The Bertz CT molecular complexity index is 697. The summed E-state index contributed by atoms with van der Waals surface area (Å²) in [4.78, 5) is 15.2. The Hall–Kier alpha value is -2.04. The molecular weight excluding hydrogens is 312 g/mol. The summed E-state index contributed by atoms with van der Waals surface area (Å²) in [6.07, 6.45) is 14.7. The van der Waals surface area contributed by atoms with E-state index in [2.05, 4.69) is 52.2 Å². The predicted molar refractivity (Wildman–Crippen MR) is 97.1 cm³/mol. The first-order valence-corrected chi connectivity index (χ1v) is 9.62. The van der Waals surface area contributed by atoms with Gasteiger partial charge in [0.05, 0.1) is 18.8 Å². The maximum Gasteiger partial charge on any atom is 0.225 e. The highest BCUT2D eigenvalue weighted by molar-refractivity contribution is 5.79. The van der Waals surface area contributed by atoms with Crippen LogP contribution >= 0.6 is 0 Å². The molecule has 2 aliphatic rings. The molecule has 0 aromatic carbocycles. The number of nitrogens with zero attached hydrogens (tertiary/aromatic N) is 4. The van der Waals surface area contributed by atoms with E-state index in [1.165, 1.54) is 5.56 Å². The Morgan fingerprint density at radius 1 is 1.16 bits per heavy atom. The summed E-state index contributed by atoms with van der Waals surface area (Å²) in [7, 11) is 0. The van der Waals surface area contributed by atoms with Crippen LogP contribution in [0.4, 0.5) is 0 Å². The monoisotopic (exact) mass is 340 g/mol. The molecule has 0 bridgehead atoms. The Balaban J connectivity index is 1.35. The average Bonchev–Trinajstić information content (AvgIpc) is 3.37. The van der Waals surface area contributed by atoms with Crippen LogP contribution in [0.2, 0.25) is 0 Å². The largest absolute Gasteiger partial charge is 0.351 e. The number of aromatic nitrogens is 3. The Morgan fingerprint density at radius 2 is 1.92 bits per heavy atom. The molecule has 3 heterocycles. The first kappa shape index (κ1) is 16.4. The first-order valence-electron chi connectivity index (χ1n) is 9.62. The molecule has 5 heteroatoms. The van der Waals surface area contributed by atoms with Crippen LogP contribution < -0.4 is 0 Å². The molecule has 1 amide bonds. The number of aryl methyl sites for hydroxylation is 1. The Labute approximate surface area is 149 Å². The number of likely N-dealkylation sites (tertiary alicyclic amines) is 1. The molecule has 0 radical (unpaired) electrons. The third-order valence-electron chi connectivity index (χ3n) is 5.92. The van der Waals surface area contributed by atoms with E-state index in [1.807, 2.05) is 10.9 Å². The highest BCUT2D eigenvalue weighted by Crippen LogP contribution is 2.34. The normalized spacial score (nSPS) is 26.9. The quantitative estimate of drug-likeness (QED) is 0.856. The SMILES string of the molecule is Cc1cnn(C[C@H]2CCCN2C(=O)C2CCC(n3cccc3)CC2)c1. The van der Waals surface area contributed by atoms with Crippen LogP contribution in [0.25, 0.3) is 0 Å². The van der Waals surface area contributed by atoms with Gasteiger partial charge in [0, 0.05) is 37.1 Å². The van der Waals surface area contributed by atoms with Crippen molar-refractivity contribution in [2.45, 2.75) is 64.1 Å². The maximum atomic E-state index is 13.1. The van der Waals surface area contributed by atoms with E-state index >= 15 is 0 Å². The van der Waals surface area contributed by atoms with Crippen LogP contribution in [0.5, 0.6) is 0 Å². The molecule has 4 rings (SSSR count). The maximum absolute atomic E-state index is 13.1. The van der Waals surface area contributed by atoms with E-state index in [0.717, 1.165) is 51.6 Å². The molecule has 2 aromatic heterocycles. The van der Waals surface area contributed by atoms with E-state index in [-0.39, 0.29) is 5.92 Å². The van der Waals surface area contributed by atoms with E-state index in [4.69, 9.17) is 0 Å². The summed E-state index contributed by atoms with van der Waals surface area (Å²) < 4.78 is 4.30. The third kappa shape index (κ3) is 3.51. The molecule has 1 saturated carbocycles. The fraction of sp³-hybridized carbons (Fsp3) is 0.600. The molecule has 5 nitrogen and oxygen atoms in total. The number of rotatable bonds is 4. The molecule has 134 valence electrons. The molecule has 1 atom stereocenters. The van der Waals surface area contributed by atoms with Gasteiger partial charge in [0.1, 0.15) is 0 Å². The molecule has 2 aromatic rings. The van der Waals surface area contributed by atoms with Crippen LogP contribution in [0.15, 0.2) is 36.9 Å². The molecule has 1 aliphatic carbocycles. The molecule has 2 fully saturated rings. The van der Waals surface area contributed by atoms with Gasteiger partial charge in [-0.25, -0.2) is 0 Å². The van der Waals surface area contributed by atoms with Gasteiger partial charge >= 0.3 is 0 Å². The number of hydrogen-bond acceptors (Lipinski definition) is 2. The molecule has 1 aliphatic heterocycles. The van der Waals surface area contributed by atoms with Gasteiger partial charge in [0.25, 0.3) is 0 Å². The Kier molecular flexibility index (Phi) is 4.64. The molecule has 0 unspecified atom stereocenters. The lowest BCUT2D eigenvalue weighted by atomic mass is 9.85. The van der Waals surface area contributed by atoms with Crippen LogP contribution in [-0.2, 0) is 11.3 Å². The van der Waals surface area contributed by atoms with Gasteiger partial charge in [0.2, 0.25) is 5.91 Å². The second-order valence-corrected chi connectivity index (χ2v) is 7.70. The lowest BCUT2D eigenvalue weighted by molar-refractivity contribution is -0.137. The summed E-state index contributed by atoms with van der Waals surface area (Å²) in [6.45, 7) is 3.81. The van der Waals surface area contributed by atoms with E-state index in [0.29, 0.717) is 18.0 Å². The van der Waals surface area contributed by atoms with E-state index in [1.54, 1.807) is 0 Å². The van der Waals surface area contributed by atoms with E-state index in [9.17, 15) is 4.79 Å². The van der Waals surface area contributed by atoms with Crippen LogP contribution in [0, 0.1) is 12.8 Å². The zero-order valence-electron chi connectivity index (χ0n) is 15.1. The van der Waals surface area contributed by atoms with Crippen LogP contribution in [-0.4, -0.2) is 37.7 Å². The second-order valence-electron chi connectivity index (χ2n) is 7.70. The van der Waals surface area contributed by atoms with Crippen molar-refractivity contribution in [3.63, 3.8) is 0 Å². The van der Waals surface area contributed by atoms with Crippen molar-refractivity contribution in [1.82, 2.24) is 19.2 Å². The summed E-state index contributed by atoms with van der Waals surface area (Å²) in [5.41, 5.74) is 1.18. The van der Waals surface area contributed by atoms with Gasteiger partial charge in [-0.2, -0.15) is 5.10 Å². The van der Waals surface area contributed by atoms with Crippen molar-refractivity contribution in [3.05, 3.63) is 42.5 Å². The fourth-order valence-corrected chi connectivity index (χ4v) is 4.55. The molecule has 0 N–H and O–H groups in total. The van der Waals surface area contributed by atoms with Crippen molar-refractivity contribution in [3.8, 4) is 0 Å². The van der Waals surface area contributed by atoms with Crippen molar-refractivity contribution in [1.29, 1.82) is 0 Å². The molecule has 0 spiro atoms. The summed E-state index contributed by atoms with van der Waals surface area (Å²) in [6, 6.07) is 5.06. The topological polar surface area (TPSA) is 43.1 Å². The van der Waals surface area contributed by atoms with Gasteiger partial charge in [-0.15, -0.1) is 0 Å². The lowest BCUT2D eigenvalue weighted by Gasteiger charge is -2.33. The summed E-state index contributed by atoms with van der Waals surface area (Å²) >= 11 is 0. The number of carbonyl (C=O) groups is 1. The number of hydrogen-bond donors (Lipinski definition) is 0. The predicted octanol–water partition coefficient (Wildman–Crippen LogP) is 3.42. The minimum absolute atomic E-state index is 0.215. The van der Waals surface area contributed by atoms with Gasteiger partial charge in [-0.05, 0) is 63.1 Å². The minimum Gasteiger partial charge on any atom is -0.351 e. The lowest BCUT2D eigenvalue weighted by Crippen LogP contribution is -2.42. The van der Waals surface area contributed by atoms with E-state index < -0.39 is 0 Å². The first-order chi connectivity index (χ1) is 12.2. The van der Waals surface area contributed by atoms with Crippen molar-refractivity contribution in [2.24, 2.45) is 5.92 Å². The smallest absolute Gasteiger partial charge is 0.225 e. The number of carbonyl (C=O) groups excluding carboxylic acids is 1. The van der Waals surface area contributed by atoms with Crippen LogP contribution in [0.3, 0.4) is 0 Å². The number of amides is 1. The highest BCUT2D eigenvalue weighted by Gasteiger charge is 2.35. The summed E-state index contributed by atoms with van der Waals surface area (Å²) in [5, 5.41) is 4.40. The minimum atomic E-state index is 0.215. The zero-order valence-corrected chi connectivity index (χ0v) is 15.1. The van der Waals surface area contributed by atoms with Crippen molar-refractivity contribution >= 4 is 5.91 Å². The van der Waals surface area contributed by atoms with Crippen molar-refractivity contribution in [2.75, 3.05) is 6.54 Å². The Morgan fingerprint density at radius 3 is 2.60 bits per heavy atom. The average molecular weight is 340 g/mol. The van der Waals surface area contributed by atoms with Gasteiger partial charge in [-0.3, -0.25) is 9.48 Å². The van der Waals surface area contributed by atoms with Crippen LogP contribution in [0.1, 0.15) is 50.1 Å². The zero-order chi connectivity index (χ0) is 17.2. The second kappa shape index (κ2) is 7.06. The molecule has 1 saturated heterocycles. The fourth-order valence-electron chi connectivity index (χ4n) is 4.55. The highest BCUT2D eigenvalue weighted by atomic mass is 16.2. The van der Waals surface area contributed by atoms with Gasteiger partial charge in [0.15, 0.2) is 0 Å². The third-order valence-corrected chi connectivity index (χ3v) is 5.92. The van der Waals surface area contributed by atoms with Gasteiger partial charge in [-0.1, -0.05) is 0 Å². The molecule has 25 heavy (non-hydrogen) atoms. The van der Waals surface area contributed by atoms with Crippen molar-refractivity contribution < 1.29 is 4.79 Å². The standard InChI is InChI=1S/C20H28N4O/c1-16-13-21-23(14-16)15-19-5-4-12-24(19)20(25)17-6-8-18(9-7-17)22-10-2-3-11-22/h2-3,10-11,13-14,17-19H,4-9,12,15H2,1H3/t17?,18?,19-/m1/s1. The molecular formula is C20H28N4O. The van der Waals surface area contributed by atoms with Gasteiger partial charge < -0.3 is 9.47 Å².